The lowest BCUT2D eigenvalue weighted by Crippen LogP contribution is -2.18. The highest BCUT2D eigenvalue weighted by Crippen LogP contribution is 2.37. The van der Waals surface area contributed by atoms with Crippen molar-refractivity contribution in [1.82, 2.24) is 5.32 Å². The maximum absolute atomic E-state index is 6.19. The average Bonchev–Trinajstić information content (AvgIpc) is 2.46. The molecule has 1 N–H and O–H groups in total. The van der Waals surface area contributed by atoms with Crippen molar-refractivity contribution >= 4 is 39.1 Å². The van der Waals surface area contributed by atoms with Crippen molar-refractivity contribution in [3.63, 3.8) is 0 Å². The van der Waals surface area contributed by atoms with E-state index >= 15 is 0 Å². The molecule has 0 fully saturated rings. The first kappa shape index (κ1) is 16.6. The average molecular weight is 389 g/mol. The van der Waals surface area contributed by atoms with Gasteiger partial charge in [-0.15, -0.1) is 0 Å². The molecule has 0 aliphatic heterocycles. The highest BCUT2D eigenvalue weighted by molar-refractivity contribution is 9.10. The van der Waals surface area contributed by atoms with E-state index in [9.17, 15) is 0 Å². The molecule has 0 aromatic heterocycles. The van der Waals surface area contributed by atoms with Gasteiger partial charge in [-0.1, -0.05) is 52.1 Å². The minimum absolute atomic E-state index is 0.167. The Morgan fingerprint density at radius 2 is 1.95 bits per heavy atom. The summed E-state index contributed by atoms with van der Waals surface area (Å²) < 4.78 is 6.97. The van der Waals surface area contributed by atoms with Crippen LogP contribution in [0, 0.1) is 0 Å². The molecule has 0 saturated heterocycles. The topological polar surface area (TPSA) is 21.3 Å². The summed E-state index contributed by atoms with van der Waals surface area (Å²) in [6.07, 6.45) is 0. The highest BCUT2D eigenvalue weighted by atomic mass is 79.9. The van der Waals surface area contributed by atoms with Crippen LogP contribution in [0.3, 0.4) is 0 Å². The van der Waals surface area contributed by atoms with Gasteiger partial charge in [0.05, 0.1) is 5.02 Å². The van der Waals surface area contributed by atoms with E-state index < -0.39 is 0 Å². The minimum Gasteiger partial charge on any atom is -0.455 e. The van der Waals surface area contributed by atoms with Gasteiger partial charge in [0.25, 0.3) is 0 Å². The van der Waals surface area contributed by atoms with E-state index in [4.69, 9.17) is 27.9 Å². The zero-order valence-electron chi connectivity index (χ0n) is 11.8. The van der Waals surface area contributed by atoms with Gasteiger partial charge < -0.3 is 10.1 Å². The lowest BCUT2D eigenvalue weighted by Gasteiger charge is -2.18. The molecule has 21 heavy (non-hydrogen) atoms. The molecule has 0 bridgehead atoms. The zero-order valence-corrected chi connectivity index (χ0v) is 14.9. The number of rotatable bonds is 5. The molecule has 0 spiro atoms. The molecule has 0 amide bonds. The number of hydrogen-bond acceptors (Lipinski definition) is 2. The summed E-state index contributed by atoms with van der Waals surface area (Å²) in [5.41, 5.74) is 1.06. The van der Waals surface area contributed by atoms with Crippen LogP contribution in [0.2, 0.25) is 10.0 Å². The van der Waals surface area contributed by atoms with Gasteiger partial charge in [-0.2, -0.15) is 0 Å². The van der Waals surface area contributed by atoms with E-state index in [1.165, 1.54) is 0 Å². The van der Waals surface area contributed by atoms with Crippen LogP contribution in [0.1, 0.15) is 25.5 Å². The molecule has 0 aliphatic rings. The van der Waals surface area contributed by atoms with Crippen molar-refractivity contribution in [2.24, 2.45) is 0 Å². The van der Waals surface area contributed by atoms with Crippen LogP contribution >= 0.6 is 39.1 Å². The predicted octanol–water partition coefficient (Wildman–Crippen LogP) is 6.22. The van der Waals surface area contributed by atoms with Gasteiger partial charge in [0.2, 0.25) is 0 Å². The minimum atomic E-state index is 0.167. The van der Waals surface area contributed by atoms with Gasteiger partial charge in [-0.25, -0.2) is 0 Å². The van der Waals surface area contributed by atoms with E-state index in [1.807, 2.05) is 24.3 Å². The first-order chi connectivity index (χ1) is 10.0. The van der Waals surface area contributed by atoms with Crippen LogP contribution in [0.5, 0.6) is 11.5 Å². The molecular weight excluding hydrogens is 373 g/mol. The summed E-state index contributed by atoms with van der Waals surface area (Å²) in [7, 11) is 0. The Labute approximate surface area is 143 Å². The highest BCUT2D eigenvalue weighted by Gasteiger charge is 2.14. The second kappa shape index (κ2) is 7.50. The molecule has 2 rings (SSSR count). The normalized spacial score (nSPS) is 12.2. The molecular formula is C16H16BrCl2NO. The van der Waals surface area contributed by atoms with Crippen molar-refractivity contribution in [2.75, 3.05) is 6.54 Å². The van der Waals surface area contributed by atoms with Crippen molar-refractivity contribution in [3.8, 4) is 11.5 Å². The fraction of sp³-hybridized carbons (Fsp3) is 0.250. The molecule has 2 aromatic carbocycles. The number of halogens is 3. The molecule has 2 nitrogen and oxygen atoms in total. The first-order valence-electron chi connectivity index (χ1n) is 6.67. The van der Waals surface area contributed by atoms with Gasteiger partial charge in [-0.3, -0.25) is 0 Å². The number of ether oxygens (including phenoxy) is 1. The summed E-state index contributed by atoms with van der Waals surface area (Å²) in [5.74, 6) is 1.31. The van der Waals surface area contributed by atoms with E-state index in [0.717, 1.165) is 22.3 Å². The summed E-state index contributed by atoms with van der Waals surface area (Å²) in [6.45, 7) is 5.05. The number of nitrogens with one attached hydrogen (secondary N) is 1. The number of hydrogen-bond donors (Lipinski definition) is 1. The summed E-state index contributed by atoms with van der Waals surface area (Å²) in [6, 6.07) is 11.4. The van der Waals surface area contributed by atoms with Gasteiger partial charge >= 0.3 is 0 Å². The van der Waals surface area contributed by atoms with Crippen molar-refractivity contribution in [3.05, 3.63) is 56.5 Å². The quantitative estimate of drug-likeness (QED) is 0.656. The molecule has 112 valence electrons. The fourth-order valence-corrected chi connectivity index (χ4v) is 2.76. The van der Waals surface area contributed by atoms with Crippen LogP contribution in [-0.4, -0.2) is 6.54 Å². The van der Waals surface area contributed by atoms with E-state index in [-0.39, 0.29) is 6.04 Å². The fourth-order valence-electron chi connectivity index (χ4n) is 2.05. The SMILES string of the molecule is CCNC(C)c1cc(Br)ccc1Oc1cccc(Cl)c1Cl. The largest absolute Gasteiger partial charge is 0.455 e. The third-order valence-electron chi connectivity index (χ3n) is 3.08. The van der Waals surface area contributed by atoms with Crippen molar-refractivity contribution in [1.29, 1.82) is 0 Å². The summed E-state index contributed by atoms with van der Waals surface area (Å²) in [4.78, 5) is 0. The van der Waals surface area contributed by atoms with Crippen LogP contribution in [0.15, 0.2) is 40.9 Å². The molecule has 0 aliphatic carbocycles. The molecule has 1 atom stereocenters. The molecule has 2 aromatic rings. The molecule has 0 saturated carbocycles. The molecule has 1 unspecified atom stereocenters. The Bertz CT molecular complexity index is 634. The second-order valence-electron chi connectivity index (χ2n) is 4.62. The second-order valence-corrected chi connectivity index (χ2v) is 6.32. The Hall–Kier alpha value is -0.740. The van der Waals surface area contributed by atoms with E-state index in [2.05, 4.69) is 35.1 Å². The third-order valence-corrected chi connectivity index (χ3v) is 4.38. The Balaban J connectivity index is 2.37. The Morgan fingerprint density at radius 3 is 2.67 bits per heavy atom. The van der Waals surface area contributed by atoms with E-state index in [1.54, 1.807) is 12.1 Å². The van der Waals surface area contributed by atoms with Crippen LogP contribution in [-0.2, 0) is 0 Å². The molecule has 0 radical (unpaired) electrons. The lowest BCUT2D eigenvalue weighted by atomic mass is 10.1. The maximum atomic E-state index is 6.19. The summed E-state index contributed by atoms with van der Waals surface area (Å²) >= 11 is 15.7. The third kappa shape index (κ3) is 4.13. The lowest BCUT2D eigenvalue weighted by molar-refractivity contribution is 0.463. The van der Waals surface area contributed by atoms with Crippen molar-refractivity contribution < 1.29 is 4.74 Å². The van der Waals surface area contributed by atoms with Gasteiger partial charge in [-0.05, 0) is 43.8 Å². The van der Waals surface area contributed by atoms with Crippen molar-refractivity contribution in [2.45, 2.75) is 19.9 Å². The molecule has 5 heteroatoms. The van der Waals surface area contributed by atoms with Crippen LogP contribution < -0.4 is 10.1 Å². The molecule has 0 heterocycles. The summed E-state index contributed by atoms with van der Waals surface area (Å²) in [5, 5.41) is 4.28. The Kier molecular flexibility index (Phi) is 5.94. The smallest absolute Gasteiger partial charge is 0.147 e. The van der Waals surface area contributed by atoms with Gasteiger partial charge in [0.15, 0.2) is 0 Å². The number of benzene rings is 2. The maximum Gasteiger partial charge on any atom is 0.147 e. The van der Waals surface area contributed by atoms with E-state index in [0.29, 0.717) is 15.8 Å². The standard InChI is InChI=1S/C16H16BrCl2NO/c1-3-20-10(2)12-9-11(17)7-8-14(12)21-15-6-4-5-13(18)16(15)19/h4-10,20H,3H2,1-2H3. The monoisotopic (exact) mass is 387 g/mol. The van der Waals surface area contributed by atoms with Crippen LogP contribution in [0.25, 0.3) is 0 Å². The van der Waals surface area contributed by atoms with Gasteiger partial charge in [0, 0.05) is 16.1 Å². The zero-order chi connectivity index (χ0) is 15.4. The predicted molar refractivity (Wildman–Crippen MR) is 92.8 cm³/mol. The van der Waals surface area contributed by atoms with Crippen LogP contribution in [0.4, 0.5) is 0 Å². The van der Waals surface area contributed by atoms with Gasteiger partial charge in [0.1, 0.15) is 16.5 Å². The first-order valence-corrected chi connectivity index (χ1v) is 8.22. The Morgan fingerprint density at radius 1 is 1.19 bits per heavy atom.